The Morgan fingerprint density at radius 2 is 1.82 bits per heavy atom. The Hall–Kier alpha value is 0.240. The van der Waals surface area contributed by atoms with Crippen LogP contribution >= 0.6 is 27.7 Å². The Bertz CT molecular complexity index is 716. The summed E-state index contributed by atoms with van der Waals surface area (Å²) < 4.78 is 0. The summed E-state index contributed by atoms with van der Waals surface area (Å²) >= 11 is 5.09. The maximum atomic E-state index is 12.3. The van der Waals surface area contributed by atoms with Crippen LogP contribution in [0.3, 0.4) is 0 Å². The third-order valence-electron chi connectivity index (χ3n) is 10.8. The van der Waals surface area contributed by atoms with Crippen molar-refractivity contribution in [2.45, 2.75) is 134 Å². The number of allylic oxidation sites excluding steroid dienone is 2. The largest absolute Gasteiger partial charge is 0.286 e. The normalized spacial score (nSPS) is 41.0. The average Bonchev–Trinajstić information content (AvgIpc) is 3.12. The van der Waals surface area contributed by atoms with Gasteiger partial charge in [-0.15, -0.1) is 0 Å². The number of rotatable bonds is 9. The number of fused-ring (bicyclic) bond motifs is 5. The van der Waals surface area contributed by atoms with E-state index in [4.69, 9.17) is 0 Å². The Morgan fingerprint density at radius 1 is 1.06 bits per heavy atom. The van der Waals surface area contributed by atoms with Gasteiger partial charge in [0, 0.05) is 5.25 Å². The highest BCUT2D eigenvalue weighted by atomic mass is 79.9. The van der Waals surface area contributed by atoms with Gasteiger partial charge in [-0.1, -0.05) is 98.6 Å². The van der Waals surface area contributed by atoms with Crippen molar-refractivity contribution >= 4 is 32.8 Å². The summed E-state index contributed by atoms with van der Waals surface area (Å²) in [5.41, 5.74) is 2.73. The zero-order valence-corrected chi connectivity index (χ0v) is 24.2. The van der Waals surface area contributed by atoms with Gasteiger partial charge in [-0.3, -0.25) is 4.79 Å². The van der Waals surface area contributed by atoms with Crippen molar-refractivity contribution in [2.24, 2.45) is 34.5 Å². The topological polar surface area (TPSA) is 17.1 Å². The maximum absolute atomic E-state index is 12.3. The van der Waals surface area contributed by atoms with Crippen LogP contribution in [0.15, 0.2) is 11.6 Å². The molecule has 0 amide bonds. The van der Waals surface area contributed by atoms with Crippen molar-refractivity contribution in [1.29, 1.82) is 0 Å². The standard InChI is InChI=1S/C30H49BrOS/c1-5-6-7-8-9-10-11-22-13-15-26-25-14-12-23-20-24(33-28(32)21(2)31)16-18-30(23,4)27(25)17-19-29(22,26)3/h12,21-22,24-27H,5-11,13-20H2,1-4H3/t21-,22-,24+,25-,26-,27-,29-,30+/m1/s1. The zero-order chi connectivity index (χ0) is 23.6. The van der Waals surface area contributed by atoms with Crippen LogP contribution in [-0.2, 0) is 4.79 Å². The van der Waals surface area contributed by atoms with Crippen LogP contribution in [0.4, 0.5) is 0 Å². The van der Waals surface area contributed by atoms with Crippen LogP contribution in [-0.4, -0.2) is 15.2 Å². The number of carbonyl (C=O) groups is 1. The smallest absolute Gasteiger partial charge is 0.202 e. The first kappa shape index (κ1) is 26.3. The number of hydrogen-bond acceptors (Lipinski definition) is 2. The number of unbranched alkanes of at least 4 members (excludes halogenated alkanes) is 5. The van der Waals surface area contributed by atoms with E-state index in [9.17, 15) is 4.79 Å². The molecule has 0 saturated heterocycles. The van der Waals surface area contributed by atoms with Gasteiger partial charge in [0.1, 0.15) is 0 Å². The molecule has 4 rings (SSSR count). The second-order valence-corrected chi connectivity index (χ2v) is 15.2. The highest BCUT2D eigenvalue weighted by Crippen LogP contribution is 2.67. The summed E-state index contributed by atoms with van der Waals surface area (Å²) in [6.07, 6.45) is 23.7. The second-order valence-electron chi connectivity index (χ2n) is 12.6. The maximum Gasteiger partial charge on any atom is 0.202 e. The molecule has 1 nitrogen and oxygen atoms in total. The summed E-state index contributed by atoms with van der Waals surface area (Å²) in [5, 5.41) is 0.809. The van der Waals surface area contributed by atoms with E-state index in [0.717, 1.165) is 30.1 Å². The third-order valence-corrected chi connectivity index (χ3v) is 12.8. The number of alkyl halides is 1. The molecule has 33 heavy (non-hydrogen) atoms. The van der Waals surface area contributed by atoms with Gasteiger partial charge in [0.05, 0.1) is 4.83 Å². The molecule has 3 fully saturated rings. The van der Waals surface area contributed by atoms with Gasteiger partial charge in [0.25, 0.3) is 0 Å². The molecule has 3 heteroatoms. The minimum Gasteiger partial charge on any atom is -0.286 e. The van der Waals surface area contributed by atoms with Crippen molar-refractivity contribution in [3.8, 4) is 0 Å². The van der Waals surface area contributed by atoms with E-state index in [2.05, 4.69) is 42.8 Å². The minimum atomic E-state index is -0.0248. The van der Waals surface area contributed by atoms with E-state index in [1.807, 2.05) is 6.92 Å². The van der Waals surface area contributed by atoms with Crippen LogP contribution in [0.5, 0.6) is 0 Å². The van der Waals surface area contributed by atoms with Crippen LogP contribution in [0.1, 0.15) is 124 Å². The molecule has 0 bridgehead atoms. The second kappa shape index (κ2) is 11.1. The molecule has 0 unspecified atom stereocenters. The summed E-state index contributed by atoms with van der Waals surface area (Å²) in [5.74, 6) is 3.75. The lowest BCUT2D eigenvalue weighted by Crippen LogP contribution is -2.50. The van der Waals surface area contributed by atoms with E-state index in [-0.39, 0.29) is 4.83 Å². The molecule has 3 saturated carbocycles. The SMILES string of the molecule is CCCCCCCC[C@@H]1CC[C@@H]2[C@H]3CC=C4C[C@@H](SC(=O)[C@@H](C)Br)CC[C@]4(C)[C@@H]3CC[C@]12C. The van der Waals surface area contributed by atoms with Gasteiger partial charge in [0.15, 0.2) is 0 Å². The lowest BCUT2D eigenvalue weighted by molar-refractivity contribution is -0.110. The fourth-order valence-electron chi connectivity index (χ4n) is 8.74. The molecule has 8 atom stereocenters. The first-order chi connectivity index (χ1) is 15.8. The molecule has 0 aromatic rings. The van der Waals surface area contributed by atoms with Crippen molar-refractivity contribution in [2.75, 3.05) is 0 Å². The Balaban J connectivity index is 1.38. The summed E-state index contributed by atoms with van der Waals surface area (Å²) in [7, 11) is 0. The van der Waals surface area contributed by atoms with Crippen LogP contribution < -0.4 is 0 Å². The Morgan fingerprint density at radius 3 is 2.58 bits per heavy atom. The van der Waals surface area contributed by atoms with Gasteiger partial charge >= 0.3 is 0 Å². The first-order valence-electron chi connectivity index (χ1n) is 14.3. The molecule has 0 N–H and O–H groups in total. The Labute approximate surface area is 217 Å². The quantitative estimate of drug-likeness (QED) is 0.165. The van der Waals surface area contributed by atoms with Crippen LogP contribution in [0, 0.1) is 34.5 Å². The van der Waals surface area contributed by atoms with Gasteiger partial charge < -0.3 is 0 Å². The lowest BCUT2D eigenvalue weighted by atomic mass is 9.47. The molecule has 0 spiro atoms. The molecule has 0 radical (unpaired) electrons. The Kier molecular flexibility index (Phi) is 8.85. The third kappa shape index (κ3) is 5.35. The average molecular weight is 538 g/mol. The van der Waals surface area contributed by atoms with E-state index < -0.39 is 0 Å². The van der Waals surface area contributed by atoms with Gasteiger partial charge in [-0.2, -0.15) is 0 Å². The molecular formula is C30H49BrOS. The van der Waals surface area contributed by atoms with Gasteiger partial charge in [-0.05, 0) is 99.2 Å². The monoisotopic (exact) mass is 536 g/mol. The molecule has 0 aliphatic heterocycles. The summed E-state index contributed by atoms with van der Waals surface area (Å²) in [6.45, 7) is 9.59. The molecule has 0 aromatic heterocycles. The first-order valence-corrected chi connectivity index (χ1v) is 16.1. The molecule has 0 heterocycles. The highest BCUT2D eigenvalue weighted by molar-refractivity contribution is 9.10. The lowest BCUT2D eigenvalue weighted by Gasteiger charge is -2.58. The summed E-state index contributed by atoms with van der Waals surface area (Å²) in [6, 6.07) is 0. The molecule has 0 aromatic carbocycles. The summed E-state index contributed by atoms with van der Waals surface area (Å²) in [4.78, 5) is 12.3. The van der Waals surface area contributed by atoms with Crippen molar-refractivity contribution in [3.63, 3.8) is 0 Å². The predicted octanol–water partition coefficient (Wildman–Crippen LogP) is 9.73. The van der Waals surface area contributed by atoms with Crippen LogP contribution in [0.25, 0.3) is 0 Å². The minimum absolute atomic E-state index is 0.0248. The molecule has 188 valence electrons. The number of carbonyl (C=O) groups excluding carboxylic acids is 1. The molecule has 4 aliphatic carbocycles. The van der Waals surface area contributed by atoms with Crippen LogP contribution in [0.2, 0.25) is 0 Å². The van der Waals surface area contributed by atoms with E-state index >= 15 is 0 Å². The van der Waals surface area contributed by atoms with Crippen molar-refractivity contribution < 1.29 is 4.79 Å². The van der Waals surface area contributed by atoms with E-state index in [1.165, 1.54) is 89.9 Å². The number of hydrogen-bond donors (Lipinski definition) is 0. The van der Waals surface area contributed by atoms with Gasteiger partial charge in [0.2, 0.25) is 5.12 Å². The molecule has 4 aliphatic rings. The molecular weight excluding hydrogens is 488 g/mol. The van der Waals surface area contributed by atoms with E-state index in [1.54, 1.807) is 17.3 Å². The highest BCUT2D eigenvalue weighted by Gasteiger charge is 2.58. The number of thioether (sulfide) groups is 1. The predicted molar refractivity (Wildman–Crippen MR) is 148 cm³/mol. The zero-order valence-electron chi connectivity index (χ0n) is 21.8. The van der Waals surface area contributed by atoms with Crippen molar-refractivity contribution in [1.82, 2.24) is 0 Å². The van der Waals surface area contributed by atoms with Gasteiger partial charge in [-0.25, -0.2) is 0 Å². The van der Waals surface area contributed by atoms with Crippen molar-refractivity contribution in [3.05, 3.63) is 11.6 Å². The fourth-order valence-corrected chi connectivity index (χ4v) is 10.1. The fraction of sp³-hybridized carbons (Fsp3) is 0.900. The van der Waals surface area contributed by atoms with E-state index in [0.29, 0.717) is 21.2 Å². The number of halogens is 1.